The summed E-state index contributed by atoms with van der Waals surface area (Å²) in [7, 11) is 0. The third kappa shape index (κ3) is 4.07. The molecule has 0 unspecified atom stereocenters. The van der Waals surface area contributed by atoms with Crippen LogP contribution in [-0.4, -0.2) is 17.4 Å². The Bertz CT molecular complexity index is 653. The van der Waals surface area contributed by atoms with Crippen LogP contribution in [-0.2, 0) is 0 Å². The van der Waals surface area contributed by atoms with E-state index in [2.05, 4.69) is 22.2 Å². The third-order valence-corrected chi connectivity index (χ3v) is 3.12. The molecule has 21 heavy (non-hydrogen) atoms. The number of anilines is 2. The fraction of sp³-hybridized carbons (Fsp3) is 0.125. The SMILES string of the molecule is C=CCNC(=O)c1ccc(Nc2cc(Cl)ccc2C)cn1. The molecular formula is C16H16ClN3O. The second-order valence-electron chi connectivity index (χ2n) is 4.52. The van der Waals surface area contributed by atoms with Gasteiger partial charge in [-0.3, -0.25) is 4.79 Å². The Morgan fingerprint density at radius 3 is 2.86 bits per heavy atom. The van der Waals surface area contributed by atoms with Gasteiger partial charge in [0.1, 0.15) is 5.69 Å². The van der Waals surface area contributed by atoms with E-state index >= 15 is 0 Å². The van der Waals surface area contributed by atoms with Crippen LogP contribution in [0.15, 0.2) is 49.2 Å². The maximum absolute atomic E-state index is 11.7. The van der Waals surface area contributed by atoms with Crippen LogP contribution in [0.25, 0.3) is 0 Å². The summed E-state index contributed by atoms with van der Waals surface area (Å²) >= 11 is 5.98. The maximum Gasteiger partial charge on any atom is 0.270 e. The number of nitrogens with zero attached hydrogens (tertiary/aromatic N) is 1. The molecule has 0 aliphatic carbocycles. The lowest BCUT2D eigenvalue weighted by Gasteiger charge is -2.10. The van der Waals surface area contributed by atoms with Crippen molar-refractivity contribution >= 4 is 28.9 Å². The number of hydrogen-bond donors (Lipinski definition) is 2. The highest BCUT2D eigenvalue weighted by atomic mass is 35.5. The van der Waals surface area contributed by atoms with E-state index in [1.807, 2.05) is 25.1 Å². The van der Waals surface area contributed by atoms with Crippen molar-refractivity contribution in [1.29, 1.82) is 0 Å². The van der Waals surface area contributed by atoms with Crippen LogP contribution in [0.2, 0.25) is 5.02 Å². The summed E-state index contributed by atoms with van der Waals surface area (Å²) in [5, 5.41) is 6.57. The lowest BCUT2D eigenvalue weighted by Crippen LogP contribution is -2.24. The minimum absolute atomic E-state index is 0.222. The average Bonchev–Trinajstić information content (AvgIpc) is 2.49. The number of amides is 1. The van der Waals surface area contributed by atoms with Crippen molar-refractivity contribution in [2.45, 2.75) is 6.92 Å². The molecule has 0 spiro atoms. The molecule has 0 radical (unpaired) electrons. The fourth-order valence-corrected chi connectivity index (χ4v) is 1.91. The number of pyridine rings is 1. The fourth-order valence-electron chi connectivity index (χ4n) is 1.74. The van der Waals surface area contributed by atoms with Crippen LogP contribution in [0.4, 0.5) is 11.4 Å². The van der Waals surface area contributed by atoms with Gasteiger partial charge in [0.05, 0.1) is 11.9 Å². The van der Waals surface area contributed by atoms with Crippen molar-refractivity contribution in [3.63, 3.8) is 0 Å². The lowest BCUT2D eigenvalue weighted by atomic mass is 10.2. The first kappa shape index (κ1) is 15.1. The zero-order chi connectivity index (χ0) is 15.2. The van der Waals surface area contributed by atoms with Crippen LogP contribution in [0.5, 0.6) is 0 Å². The largest absolute Gasteiger partial charge is 0.354 e. The molecule has 0 atom stereocenters. The van der Waals surface area contributed by atoms with Crippen molar-refractivity contribution in [1.82, 2.24) is 10.3 Å². The highest BCUT2D eigenvalue weighted by Crippen LogP contribution is 2.23. The Labute approximate surface area is 128 Å². The Morgan fingerprint density at radius 1 is 1.38 bits per heavy atom. The van der Waals surface area contributed by atoms with Gasteiger partial charge >= 0.3 is 0 Å². The van der Waals surface area contributed by atoms with Gasteiger partial charge in [0, 0.05) is 17.3 Å². The van der Waals surface area contributed by atoms with E-state index in [9.17, 15) is 4.79 Å². The predicted octanol–water partition coefficient (Wildman–Crippen LogP) is 3.70. The minimum Gasteiger partial charge on any atom is -0.354 e. The van der Waals surface area contributed by atoms with Gasteiger partial charge in [0.25, 0.3) is 5.91 Å². The highest BCUT2D eigenvalue weighted by molar-refractivity contribution is 6.30. The summed E-state index contributed by atoms with van der Waals surface area (Å²) in [5.74, 6) is -0.222. The lowest BCUT2D eigenvalue weighted by molar-refractivity contribution is 0.0953. The molecule has 0 bridgehead atoms. The quantitative estimate of drug-likeness (QED) is 0.828. The molecule has 2 aromatic rings. The number of carbonyl (C=O) groups is 1. The van der Waals surface area contributed by atoms with Crippen LogP contribution < -0.4 is 10.6 Å². The summed E-state index contributed by atoms with van der Waals surface area (Å²) in [6.45, 7) is 5.95. The molecule has 1 amide bonds. The Morgan fingerprint density at radius 2 is 2.19 bits per heavy atom. The maximum atomic E-state index is 11.7. The van der Waals surface area contributed by atoms with E-state index in [-0.39, 0.29) is 5.91 Å². The van der Waals surface area contributed by atoms with Gasteiger partial charge in [-0.25, -0.2) is 4.98 Å². The van der Waals surface area contributed by atoms with E-state index in [4.69, 9.17) is 11.6 Å². The molecule has 0 aliphatic heterocycles. The van der Waals surface area contributed by atoms with Crippen molar-refractivity contribution in [3.05, 3.63) is 65.5 Å². The van der Waals surface area contributed by atoms with Crippen LogP contribution in [0, 0.1) is 6.92 Å². The molecule has 0 saturated carbocycles. The van der Waals surface area contributed by atoms with Gasteiger partial charge in [-0.15, -0.1) is 6.58 Å². The molecule has 2 N–H and O–H groups in total. The van der Waals surface area contributed by atoms with Gasteiger partial charge in [-0.1, -0.05) is 23.7 Å². The van der Waals surface area contributed by atoms with Crippen LogP contribution >= 0.6 is 11.6 Å². The first-order chi connectivity index (χ1) is 10.1. The van der Waals surface area contributed by atoms with Gasteiger partial charge in [0.2, 0.25) is 0 Å². The Balaban J connectivity index is 2.10. The monoisotopic (exact) mass is 301 g/mol. The van der Waals surface area contributed by atoms with Gasteiger partial charge in [-0.05, 0) is 36.8 Å². The second-order valence-corrected chi connectivity index (χ2v) is 4.95. The first-order valence-electron chi connectivity index (χ1n) is 6.48. The molecule has 0 saturated heterocycles. The summed E-state index contributed by atoms with van der Waals surface area (Å²) in [6.07, 6.45) is 3.24. The number of aromatic nitrogens is 1. The first-order valence-corrected chi connectivity index (χ1v) is 6.86. The van der Waals surface area contributed by atoms with Gasteiger partial charge in [0.15, 0.2) is 0 Å². The van der Waals surface area contributed by atoms with Crippen molar-refractivity contribution in [3.8, 4) is 0 Å². The molecule has 4 nitrogen and oxygen atoms in total. The smallest absolute Gasteiger partial charge is 0.270 e. The molecular weight excluding hydrogens is 286 g/mol. The molecule has 108 valence electrons. The van der Waals surface area contributed by atoms with Gasteiger partial charge in [-0.2, -0.15) is 0 Å². The zero-order valence-corrected chi connectivity index (χ0v) is 12.4. The van der Waals surface area contributed by atoms with Crippen LogP contribution in [0.1, 0.15) is 16.1 Å². The average molecular weight is 302 g/mol. The summed E-state index contributed by atoms with van der Waals surface area (Å²) in [4.78, 5) is 15.9. The van der Waals surface area contributed by atoms with E-state index in [0.717, 1.165) is 16.9 Å². The second kappa shape index (κ2) is 6.90. The number of carbonyl (C=O) groups excluding carboxylic acids is 1. The number of benzene rings is 1. The standard InChI is InChI=1S/C16H16ClN3O/c1-3-8-18-16(21)14-7-6-13(10-19-14)20-15-9-12(17)5-4-11(15)2/h3-7,9-10,20H,1,8H2,2H3,(H,18,21). The number of hydrogen-bond acceptors (Lipinski definition) is 3. The number of nitrogens with one attached hydrogen (secondary N) is 2. The topological polar surface area (TPSA) is 54.0 Å². The normalized spacial score (nSPS) is 10.0. The summed E-state index contributed by atoms with van der Waals surface area (Å²) < 4.78 is 0. The molecule has 1 aromatic heterocycles. The minimum atomic E-state index is -0.222. The van der Waals surface area contributed by atoms with Crippen molar-refractivity contribution < 1.29 is 4.79 Å². The van der Waals surface area contributed by atoms with Crippen LogP contribution in [0.3, 0.4) is 0 Å². The van der Waals surface area contributed by atoms with E-state index in [0.29, 0.717) is 17.3 Å². The molecule has 1 aromatic carbocycles. The Kier molecular flexibility index (Phi) is 4.95. The zero-order valence-electron chi connectivity index (χ0n) is 11.7. The Hall–Kier alpha value is -2.33. The van der Waals surface area contributed by atoms with Crippen molar-refractivity contribution in [2.24, 2.45) is 0 Å². The molecule has 1 heterocycles. The van der Waals surface area contributed by atoms with E-state index in [1.54, 1.807) is 24.4 Å². The third-order valence-electron chi connectivity index (χ3n) is 2.88. The highest BCUT2D eigenvalue weighted by Gasteiger charge is 2.06. The number of halogens is 1. The summed E-state index contributed by atoms with van der Waals surface area (Å²) in [5.41, 5.74) is 3.14. The molecule has 5 heteroatoms. The van der Waals surface area contributed by atoms with E-state index in [1.165, 1.54) is 0 Å². The number of aryl methyl sites for hydroxylation is 1. The predicted molar refractivity (Wildman–Crippen MR) is 86.2 cm³/mol. The molecule has 0 fully saturated rings. The molecule has 0 aliphatic rings. The van der Waals surface area contributed by atoms with Gasteiger partial charge < -0.3 is 10.6 Å². The van der Waals surface area contributed by atoms with E-state index < -0.39 is 0 Å². The van der Waals surface area contributed by atoms with Crippen molar-refractivity contribution in [2.75, 3.05) is 11.9 Å². The number of rotatable bonds is 5. The summed E-state index contributed by atoms with van der Waals surface area (Å²) in [6, 6.07) is 9.10. The molecule has 2 rings (SSSR count).